The third-order valence-corrected chi connectivity index (χ3v) is 8.41. The van der Waals surface area contributed by atoms with Crippen molar-refractivity contribution in [1.82, 2.24) is 14.9 Å². The highest BCUT2D eigenvalue weighted by molar-refractivity contribution is 7.89. The van der Waals surface area contributed by atoms with Crippen molar-refractivity contribution in [2.75, 3.05) is 56.1 Å². The number of anilines is 2. The molecule has 0 radical (unpaired) electrons. The Morgan fingerprint density at radius 2 is 1.93 bits per heavy atom. The number of esters is 1. The number of hydrogen-bond donors (Lipinski definition) is 5. The third-order valence-electron chi connectivity index (χ3n) is 6.90. The van der Waals surface area contributed by atoms with Crippen molar-refractivity contribution in [2.24, 2.45) is 5.73 Å². The van der Waals surface area contributed by atoms with Crippen molar-refractivity contribution < 1.29 is 27.5 Å². The van der Waals surface area contributed by atoms with E-state index >= 15 is 0 Å². The molecule has 6 N–H and O–H groups in total. The molecule has 0 bridgehead atoms. The maximum absolute atomic E-state index is 13.3. The molecule has 13 nitrogen and oxygen atoms in total. The lowest BCUT2D eigenvalue weighted by Crippen LogP contribution is -2.54. The summed E-state index contributed by atoms with van der Waals surface area (Å²) < 4.78 is 34.0. The molecular formula is C27H35N7O6S. The lowest BCUT2D eigenvalue weighted by molar-refractivity contribution is -0.145. The Balaban J connectivity index is 1.35. The van der Waals surface area contributed by atoms with E-state index in [0.717, 1.165) is 24.1 Å². The van der Waals surface area contributed by atoms with E-state index in [-0.39, 0.29) is 42.9 Å². The molecule has 2 aromatic rings. The molecule has 14 heteroatoms. The zero-order valence-electron chi connectivity index (χ0n) is 22.8. The number of nitrogen functional groups attached to an aromatic ring is 1. The quantitative estimate of drug-likeness (QED) is 0.137. The molecule has 0 saturated carbocycles. The summed E-state index contributed by atoms with van der Waals surface area (Å²) in [6, 6.07) is 10.6. The van der Waals surface area contributed by atoms with Crippen LogP contribution in [-0.4, -0.2) is 88.9 Å². The van der Waals surface area contributed by atoms with E-state index in [4.69, 9.17) is 15.9 Å². The second-order valence-electron chi connectivity index (χ2n) is 9.75. The number of ether oxygens (including phenoxy) is 1. The van der Waals surface area contributed by atoms with E-state index in [0.29, 0.717) is 30.9 Å². The number of para-hydroxylation sites is 1. The number of nitrogens with zero attached hydrogens (tertiary/aromatic N) is 2. The van der Waals surface area contributed by atoms with E-state index in [1.165, 1.54) is 11.0 Å². The first-order chi connectivity index (χ1) is 19.6. The molecule has 0 aliphatic carbocycles. The van der Waals surface area contributed by atoms with Gasteiger partial charge in [-0.1, -0.05) is 12.1 Å². The highest BCUT2D eigenvalue weighted by Gasteiger charge is 2.31. The van der Waals surface area contributed by atoms with Crippen LogP contribution in [0.3, 0.4) is 0 Å². The standard InChI is InChI=1S/C27H35N7O6S/c1-2-40-27(37)21(32-41(38,39)22-7-3-5-18-6-4-12-30-25(18)22)15-31-23(35)16-34-14-13-33(17-24(34)36)20-10-8-19(9-11-20)26(28)29/h3,5,7-11,21,30,32H,2,4,6,12-17H2,1H3,(H3,28,29)(H,31,35). The number of piperazine rings is 1. The Bertz CT molecular complexity index is 1410. The average molecular weight is 586 g/mol. The van der Waals surface area contributed by atoms with Crippen LogP contribution in [0.5, 0.6) is 0 Å². The predicted octanol–water partition coefficient (Wildman–Crippen LogP) is 0.00377. The number of nitrogens with one attached hydrogen (secondary N) is 4. The van der Waals surface area contributed by atoms with Crippen molar-refractivity contribution in [3.8, 4) is 0 Å². The molecule has 2 amide bonds. The summed E-state index contributed by atoms with van der Waals surface area (Å²) in [5, 5.41) is 13.2. The number of amides is 2. The van der Waals surface area contributed by atoms with Crippen molar-refractivity contribution in [3.05, 3.63) is 53.6 Å². The van der Waals surface area contributed by atoms with Crippen molar-refractivity contribution in [2.45, 2.75) is 30.7 Å². The second-order valence-corrected chi connectivity index (χ2v) is 11.4. The summed E-state index contributed by atoms with van der Waals surface area (Å²) in [5.74, 6) is -1.66. The van der Waals surface area contributed by atoms with Crippen LogP contribution in [0, 0.1) is 5.41 Å². The number of rotatable bonds is 11. The molecule has 0 spiro atoms. The topological polar surface area (TPSA) is 187 Å². The lowest BCUT2D eigenvalue weighted by Gasteiger charge is -2.35. The second kappa shape index (κ2) is 13.0. The van der Waals surface area contributed by atoms with Crippen LogP contribution < -0.4 is 26.0 Å². The molecule has 4 rings (SSSR count). The van der Waals surface area contributed by atoms with E-state index in [9.17, 15) is 22.8 Å². The van der Waals surface area contributed by atoms with Crippen LogP contribution in [0.25, 0.3) is 0 Å². The van der Waals surface area contributed by atoms with Gasteiger partial charge < -0.3 is 30.9 Å². The number of carbonyl (C=O) groups is 3. The van der Waals surface area contributed by atoms with Gasteiger partial charge in [-0.15, -0.1) is 0 Å². The van der Waals surface area contributed by atoms with Gasteiger partial charge >= 0.3 is 5.97 Å². The Labute approximate surface area is 239 Å². The van der Waals surface area contributed by atoms with E-state index in [2.05, 4.69) is 15.4 Å². The first-order valence-electron chi connectivity index (χ1n) is 13.4. The molecule has 2 heterocycles. The van der Waals surface area contributed by atoms with Crippen LogP contribution >= 0.6 is 0 Å². The van der Waals surface area contributed by atoms with Crippen LogP contribution in [0.4, 0.5) is 11.4 Å². The highest BCUT2D eigenvalue weighted by atomic mass is 32.2. The normalized spacial score (nSPS) is 15.9. The number of carbonyl (C=O) groups excluding carboxylic acids is 3. The summed E-state index contributed by atoms with van der Waals surface area (Å²) >= 11 is 0. The highest BCUT2D eigenvalue weighted by Crippen LogP contribution is 2.29. The predicted molar refractivity (Wildman–Crippen MR) is 153 cm³/mol. The fraction of sp³-hybridized carbons (Fsp3) is 0.407. The van der Waals surface area contributed by atoms with E-state index in [1.807, 2.05) is 11.0 Å². The molecule has 1 unspecified atom stereocenters. The average Bonchev–Trinajstić information content (AvgIpc) is 2.96. The summed E-state index contributed by atoms with van der Waals surface area (Å²) in [4.78, 5) is 41.4. The largest absolute Gasteiger partial charge is 0.465 e. The summed E-state index contributed by atoms with van der Waals surface area (Å²) in [6.07, 6.45) is 1.62. The van der Waals surface area contributed by atoms with Crippen LogP contribution in [0.1, 0.15) is 24.5 Å². The molecule has 1 atom stereocenters. The lowest BCUT2D eigenvalue weighted by atomic mass is 10.0. The summed E-state index contributed by atoms with van der Waals surface area (Å²) in [7, 11) is -4.14. The van der Waals surface area contributed by atoms with Gasteiger partial charge in [-0.05, 0) is 55.7 Å². The fourth-order valence-corrected chi connectivity index (χ4v) is 6.17. The number of sulfonamides is 1. The van der Waals surface area contributed by atoms with Crippen LogP contribution in [-0.2, 0) is 35.6 Å². The van der Waals surface area contributed by atoms with E-state index < -0.39 is 27.9 Å². The van der Waals surface area contributed by atoms with Gasteiger partial charge in [-0.25, -0.2) is 8.42 Å². The van der Waals surface area contributed by atoms with Gasteiger partial charge in [0.15, 0.2) is 0 Å². The Hall–Kier alpha value is -4.17. The van der Waals surface area contributed by atoms with Crippen LogP contribution in [0.2, 0.25) is 0 Å². The number of aryl methyl sites for hydroxylation is 1. The number of benzene rings is 2. The summed E-state index contributed by atoms with van der Waals surface area (Å²) in [5.41, 5.74) is 8.25. The monoisotopic (exact) mass is 585 g/mol. The molecule has 2 aliphatic rings. The molecule has 0 aromatic heterocycles. The number of amidine groups is 1. The van der Waals surface area contributed by atoms with Gasteiger partial charge in [0.25, 0.3) is 0 Å². The maximum Gasteiger partial charge on any atom is 0.326 e. The maximum atomic E-state index is 13.3. The number of nitrogens with two attached hydrogens (primary N) is 1. The third kappa shape index (κ3) is 7.32. The number of fused-ring (bicyclic) bond motifs is 1. The fourth-order valence-electron chi connectivity index (χ4n) is 4.76. The van der Waals surface area contributed by atoms with Crippen molar-refractivity contribution in [3.63, 3.8) is 0 Å². The SMILES string of the molecule is CCOC(=O)C(CNC(=O)CN1CCN(c2ccc(C(=N)N)cc2)CC1=O)NS(=O)(=O)c1cccc2c1NCCC2. The molecule has 41 heavy (non-hydrogen) atoms. The zero-order valence-corrected chi connectivity index (χ0v) is 23.6. The van der Waals surface area contributed by atoms with Gasteiger partial charge in [0.2, 0.25) is 21.8 Å². The Morgan fingerprint density at radius 3 is 2.61 bits per heavy atom. The van der Waals surface area contributed by atoms with Crippen molar-refractivity contribution >= 4 is 45.0 Å². The molecule has 220 valence electrons. The molecular weight excluding hydrogens is 550 g/mol. The summed E-state index contributed by atoms with van der Waals surface area (Å²) in [6.45, 7) is 2.51. The zero-order chi connectivity index (χ0) is 29.6. The first-order valence-corrected chi connectivity index (χ1v) is 14.9. The van der Waals surface area contributed by atoms with Gasteiger partial charge in [0, 0.05) is 37.4 Å². The molecule has 2 aliphatic heterocycles. The Morgan fingerprint density at radius 1 is 1.17 bits per heavy atom. The van der Waals surface area contributed by atoms with Gasteiger partial charge in [0.1, 0.15) is 16.8 Å². The minimum atomic E-state index is -4.14. The van der Waals surface area contributed by atoms with Crippen LogP contribution in [0.15, 0.2) is 47.4 Å². The van der Waals surface area contributed by atoms with E-state index in [1.54, 1.807) is 37.3 Å². The minimum Gasteiger partial charge on any atom is -0.465 e. The van der Waals surface area contributed by atoms with Gasteiger partial charge in [0.05, 0.1) is 25.4 Å². The van der Waals surface area contributed by atoms with Gasteiger partial charge in [-0.2, -0.15) is 4.72 Å². The van der Waals surface area contributed by atoms with Crippen molar-refractivity contribution in [1.29, 1.82) is 5.41 Å². The molecule has 1 saturated heterocycles. The molecule has 1 fully saturated rings. The minimum absolute atomic E-state index is 0.0229. The smallest absolute Gasteiger partial charge is 0.326 e. The number of hydrogen-bond acceptors (Lipinski definition) is 9. The molecule has 2 aromatic carbocycles. The Kier molecular flexibility index (Phi) is 9.45. The first kappa shape index (κ1) is 29.8. The van der Waals surface area contributed by atoms with Gasteiger partial charge in [-0.3, -0.25) is 19.8 Å².